The third kappa shape index (κ3) is 2.76. The van der Waals surface area contributed by atoms with Crippen LogP contribution < -0.4 is 5.73 Å². The van der Waals surface area contributed by atoms with Gasteiger partial charge in [-0.25, -0.2) is 8.42 Å². The molecule has 1 aromatic heterocycles. The van der Waals surface area contributed by atoms with E-state index in [4.69, 9.17) is 5.73 Å². The normalized spacial score (nSPS) is 12.9. The van der Waals surface area contributed by atoms with E-state index in [2.05, 4.69) is 0 Å². The van der Waals surface area contributed by atoms with E-state index in [0.29, 0.717) is 11.4 Å². The summed E-state index contributed by atoms with van der Waals surface area (Å²) >= 11 is 0. The molecule has 0 amide bonds. The van der Waals surface area contributed by atoms with Gasteiger partial charge >= 0.3 is 0 Å². The molecule has 0 bridgehead atoms. The van der Waals surface area contributed by atoms with E-state index in [1.54, 1.807) is 19.3 Å². The molecule has 1 aromatic rings. The van der Waals surface area contributed by atoms with Crippen molar-refractivity contribution in [1.29, 1.82) is 0 Å². The molecule has 0 radical (unpaired) electrons. The molecular weight excluding hydrogens is 250 g/mol. The van der Waals surface area contributed by atoms with Gasteiger partial charge in [0.15, 0.2) is 0 Å². The lowest BCUT2D eigenvalue weighted by Crippen LogP contribution is -2.32. The van der Waals surface area contributed by atoms with Crippen molar-refractivity contribution in [3.63, 3.8) is 0 Å². The second kappa shape index (κ2) is 5.42. The van der Waals surface area contributed by atoms with Gasteiger partial charge < -0.3 is 10.3 Å². The van der Waals surface area contributed by atoms with Crippen molar-refractivity contribution in [1.82, 2.24) is 8.87 Å². The largest absolute Gasteiger partial charge is 0.346 e. The molecule has 0 fully saturated rings. The van der Waals surface area contributed by atoms with Crippen LogP contribution in [0.3, 0.4) is 0 Å². The minimum absolute atomic E-state index is 0.0706. The van der Waals surface area contributed by atoms with E-state index in [9.17, 15) is 8.42 Å². The highest BCUT2D eigenvalue weighted by molar-refractivity contribution is 7.89. The summed E-state index contributed by atoms with van der Waals surface area (Å²) in [7, 11) is -1.83. The summed E-state index contributed by atoms with van der Waals surface area (Å²) in [5, 5.41) is 0. The summed E-state index contributed by atoms with van der Waals surface area (Å²) in [6.45, 7) is 8.03. The highest BCUT2D eigenvalue weighted by atomic mass is 32.2. The van der Waals surface area contributed by atoms with Crippen molar-refractivity contribution >= 4 is 10.0 Å². The molecule has 2 N–H and O–H groups in total. The number of nitrogens with two attached hydrogens (primary N) is 1. The van der Waals surface area contributed by atoms with Crippen LogP contribution in [0.15, 0.2) is 17.2 Å². The van der Waals surface area contributed by atoms with Gasteiger partial charge in [0.1, 0.15) is 4.90 Å². The minimum Gasteiger partial charge on any atom is -0.346 e. The van der Waals surface area contributed by atoms with Crippen LogP contribution in [0.25, 0.3) is 0 Å². The fourth-order valence-corrected chi connectivity index (χ4v) is 3.15. The zero-order chi connectivity index (χ0) is 14.1. The van der Waals surface area contributed by atoms with Crippen molar-refractivity contribution in [2.24, 2.45) is 5.73 Å². The van der Waals surface area contributed by atoms with Crippen molar-refractivity contribution < 1.29 is 8.42 Å². The van der Waals surface area contributed by atoms with E-state index in [1.165, 1.54) is 4.31 Å². The molecule has 1 heterocycles. The number of nitrogens with zero attached hydrogens (tertiary/aromatic N) is 2. The molecule has 0 aliphatic carbocycles. The third-order valence-corrected chi connectivity index (χ3v) is 5.08. The molecule has 6 heteroatoms. The Hall–Kier alpha value is -0.850. The van der Waals surface area contributed by atoms with Crippen LogP contribution in [0.2, 0.25) is 0 Å². The summed E-state index contributed by atoms with van der Waals surface area (Å²) in [5.74, 6) is 0. The van der Waals surface area contributed by atoms with Crippen LogP contribution in [0.1, 0.15) is 39.4 Å². The first-order valence-electron chi connectivity index (χ1n) is 6.10. The quantitative estimate of drug-likeness (QED) is 0.885. The lowest BCUT2D eigenvalue weighted by atomic mass is 10.3. The molecule has 1 rings (SSSR count). The summed E-state index contributed by atoms with van der Waals surface area (Å²) in [6.07, 6.45) is 1.67. The van der Waals surface area contributed by atoms with Crippen molar-refractivity contribution in [3.05, 3.63) is 18.0 Å². The summed E-state index contributed by atoms with van der Waals surface area (Å²) in [5.41, 5.74) is 6.49. The Balaban J connectivity index is 3.26. The van der Waals surface area contributed by atoms with Gasteiger partial charge in [0.05, 0.1) is 0 Å². The molecule has 5 nitrogen and oxygen atoms in total. The van der Waals surface area contributed by atoms with Gasteiger partial charge in [-0.1, -0.05) is 0 Å². The van der Waals surface area contributed by atoms with Gasteiger partial charge in [0.2, 0.25) is 10.0 Å². The maximum atomic E-state index is 12.3. The lowest BCUT2D eigenvalue weighted by molar-refractivity contribution is 0.410. The van der Waals surface area contributed by atoms with Crippen LogP contribution in [-0.2, 0) is 16.6 Å². The number of sulfonamides is 1. The predicted octanol–water partition coefficient (Wildman–Crippen LogP) is 1.56. The number of hydrogen-bond acceptors (Lipinski definition) is 3. The average molecular weight is 273 g/mol. The van der Waals surface area contributed by atoms with Crippen LogP contribution in [0, 0.1) is 0 Å². The van der Waals surface area contributed by atoms with Gasteiger partial charge in [-0.3, -0.25) is 0 Å². The zero-order valence-corrected chi connectivity index (χ0v) is 12.5. The topological polar surface area (TPSA) is 68.3 Å². The molecule has 0 aromatic carbocycles. The summed E-state index contributed by atoms with van der Waals surface area (Å²) in [6, 6.07) is 1.78. The molecule has 0 aliphatic rings. The first kappa shape index (κ1) is 15.2. The number of aromatic nitrogens is 1. The number of hydrogen-bond donors (Lipinski definition) is 1. The first-order chi connectivity index (χ1) is 8.21. The minimum atomic E-state index is -3.43. The van der Waals surface area contributed by atoms with E-state index in [1.807, 2.05) is 32.3 Å². The van der Waals surface area contributed by atoms with Crippen LogP contribution in [-0.4, -0.2) is 30.4 Å². The second-order valence-corrected chi connectivity index (χ2v) is 6.98. The van der Waals surface area contributed by atoms with Gasteiger partial charge in [0.25, 0.3) is 0 Å². The van der Waals surface area contributed by atoms with E-state index in [0.717, 1.165) is 5.69 Å². The lowest BCUT2D eigenvalue weighted by Gasteiger charge is -2.20. The number of rotatable bonds is 5. The fourth-order valence-electron chi connectivity index (χ4n) is 1.73. The van der Waals surface area contributed by atoms with Gasteiger partial charge in [-0.05, 0) is 33.8 Å². The molecule has 18 heavy (non-hydrogen) atoms. The SMILES string of the molecule is CC(C)N(C)S(=O)(=O)c1cc(CN)n(C(C)C)c1. The van der Waals surface area contributed by atoms with Crippen LogP contribution in [0.5, 0.6) is 0 Å². The smallest absolute Gasteiger partial charge is 0.244 e. The standard InChI is InChI=1S/C12H23N3O2S/c1-9(2)14(5)18(16,17)12-6-11(7-13)15(8-12)10(3)4/h6,8-10H,7,13H2,1-5H3. The van der Waals surface area contributed by atoms with Crippen LogP contribution >= 0.6 is 0 Å². The maximum Gasteiger partial charge on any atom is 0.244 e. The molecule has 104 valence electrons. The third-order valence-electron chi connectivity index (χ3n) is 3.08. The fraction of sp³-hybridized carbons (Fsp3) is 0.667. The Morgan fingerprint density at radius 2 is 1.89 bits per heavy atom. The van der Waals surface area contributed by atoms with E-state index >= 15 is 0 Å². The molecule has 0 unspecified atom stereocenters. The summed E-state index contributed by atoms with van der Waals surface area (Å²) < 4.78 is 28.0. The Morgan fingerprint density at radius 1 is 1.33 bits per heavy atom. The first-order valence-corrected chi connectivity index (χ1v) is 7.54. The highest BCUT2D eigenvalue weighted by Gasteiger charge is 2.25. The van der Waals surface area contributed by atoms with Crippen molar-refractivity contribution in [3.8, 4) is 0 Å². The average Bonchev–Trinajstić information content (AvgIpc) is 2.72. The highest BCUT2D eigenvalue weighted by Crippen LogP contribution is 2.22. The molecule has 0 saturated heterocycles. The molecule has 0 spiro atoms. The van der Waals surface area contributed by atoms with E-state index in [-0.39, 0.29) is 12.1 Å². The monoisotopic (exact) mass is 273 g/mol. The molecular formula is C12H23N3O2S. The zero-order valence-electron chi connectivity index (χ0n) is 11.7. The Labute approximate surface area is 110 Å². The maximum absolute atomic E-state index is 12.3. The van der Waals surface area contributed by atoms with Crippen molar-refractivity contribution in [2.75, 3.05) is 7.05 Å². The van der Waals surface area contributed by atoms with Crippen molar-refractivity contribution in [2.45, 2.75) is 51.2 Å². The predicted molar refractivity (Wildman–Crippen MR) is 72.8 cm³/mol. The van der Waals surface area contributed by atoms with Gasteiger partial charge in [-0.2, -0.15) is 4.31 Å². The Bertz CT molecular complexity index is 503. The van der Waals surface area contributed by atoms with Crippen LogP contribution in [0.4, 0.5) is 0 Å². The van der Waals surface area contributed by atoms with Gasteiger partial charge in [-0.15, -0.1) is 0 Å². The molecule has 0 aliphatic heterocycles. The van der Waals surface area contributed by atoms with E-state index < -0.39 is 10.0 Å². The Morgan fingerprint density at radius 3 is 2.22 bits per heavy atom. The molecule has 0 atom stereocenters. The summed E-state index contributed by atoms with van der Waals surface area (Å²) in [4.78, 5) is 0.313. The second-order valence-electron chi connectivity index (χ2n) is 4.99. The Kier molecular flexibility index (Phi) is 4.58. The molecule has 0 saturated carbocycles. The van der Waals surface area contributed by atoms with Gasteiger partial charge in [0, 0.05) is 37.6 Å².